The quantitative estimate of drug-likeness (QED) is 0.757. The maximum atomic E-state index is 10.5. The van der Waals surface area contributed by atoms with E-state index < -0.39 is 6.09 Å². The highest BCUT2D eigenvalue weighted by Gasteiger charge is 2.20. The van der Waals surface area contributed by atoms with E-state index in [1.54, 1.807) is 6.92 Å². The fourth-order valence-electron chi connectivity index (χ4n) is 2.16. The Hall–Kier alpha value is -1.95. The molecule has 20 heavy (non-hydrogen) atoms. The van der Waals surface area contributed by atoms with Gasteiger partial charge in [0.15, 0.2) is 0 Å². The summed E-state index contributed by atoms with van der Waals surface area (Å²) in [5.41, 5.74) is 6.89. The van der Waals surface area contributed by atoms with Gasteiger partial charge in [-0.05, 0) is 25.5 Å². The topological polar surface area (TPSA) is 93.8 Å². The highest BCUT2D eigenvalue weighted by atomic mass is 16.5. The van der Waals surface area contributed by atoms with Crippen molar-refractivity contribution in [1.29, 1.82) is 0 Å². The van der Waals surface area contributed by atoms with E-state index in [9.17, 15) is 4.79 Å². The number of ether oxygens (including phenoxy) is 2. The molecule has 1 aliphatic rings. The number of rotatable bonds is 5. The summed E-state index contributed by atoms with van der Waals surface area (Å²) < 4.78 is 11.3. The number of carbonyl (C=O) groups is 1. The number of nitrogens with one attached hydrogen (secondary N) is 1. The fourth-order valence-corrected chi connectivity index (χ4v) is 2.16. The molecule has 6 nitrogen and oxygen atoms in total. The lowest BCUT2D eigenvalue weighted by Gasteiger charge is -2.24. The summed E-state index contributed by atoms with van der Waals surface area (Å²) >= 11 is 0. The van der Waals surface area contributed by atoms with Crippen LogP contribution in [-0.2, 0) is 6.42 Å². The molecule has 1 amide bonds. The molecule has 1 aromatic rings. The number of amides is 1. The van der Waals surface area contributed by atoms with Gasteiger partial charge < -0.3 is 25.6 Å². The molecule has 110 valence electrons. The van der Waals surface area contributed by atoms with Gasteiger partial charge in [0.25, 0.3) is 0 Å². The Morgan fingerprint density at radius 1 is 1.65 bits per heavy atom. The van der Waals surface area contributed by atoms with Crippen LogP contribution in [0.1, 0.15) is 18.9 Å². The number of hydrogen-bond acceptors (Lipinski definition) is 4. The van der Waals surface area contributed by atoms with Crippen LogP contribution in [0.25, 0.3) is 0 Å². The molecule has 6 heteroatoms. The minimum absolute atomic E-state index is 0.0140. The molecule has 0 saturated heterocycles. The molecule has 0 fully saturated rings. The molecule has 0 radical (unpaired) electrons. The second kappa shape index (κ2) is 6.47. The monoisotopic (exact) mass is 280 g/mol. The van der Waals surface area contributed by atoms with E-state index in [1.165, 1.54) is 0 Å². The molecule has 2 atom stereocenters. The van der Waals surface area contributed by atoms with Gasteiger partial charge in [0.05, 0.1) is 6.61 Å². The molecule has 0 spiro atoms. The minimum atomic E-state index is -1.02. The van der Waals surface area contributed by atoms with Crippen molar-refractivity contribution in [3.05, 3.63) is 23.8 Å². The Morgan fingerprint density at radius 2 is 2.45 bits per heavy atom. The first-order chi connectivity index (χ1) is 9.56. The summed E-state index contributed by atoms with van der Waals surface area (Å²) in [4.78, 5) is 10.5. The standard InChI is InChI=1S/C14H20N2O4/c1-9(16-14(17)18)5-6-19-12-3-2-4-13-11(12)7-10(15)8-20-13/h2-4,9-10,16H,5-8,15H2,1H3,(H,17,18)/t9?,10-/m0/s1. The average molecular weight is 280 g/mol. The zero-order valence-corrected chi connectivity index (χ0v) is 11.5. The van der Waals surface area contributed by atoms with E-state index >= 15 is 0 Å². The Labute approximate surface area is 117 Å². The van der Waals surface area contributed by atoms with Gasteiger partial charge in [-0.2, -0.15) is 0 Å². The normalized spacial score (nSPS) is 18.6. The highest BCUT2D eigenvalue weighted by molar-refractivity contribution is 5.64. The van der Waals surface area contributed by atoms with Gasteiger partial charge in [0.1, 0.15) is 18.1 Å². The number of hydrogen-bond donors (Lipinski definition) is 3. The van der Waals surface area contributed by atoms with Gasteiger partial charge >= 0.3 is 6.09 Å². The van der Waals surface area contributed by atoms with Crippen LogP contribution in [0.2, 0.25) is 0 Å². The van der Waals surface area contributed by atoms with Crippen LogP contribution in [0.5, 0.6) is 11.5 Å². The maximum absolute atomic E-state index is 10.5. The van der Waals surface area contributed by atoms with Crippen LogP contribution in [0.4, 0.5) is 4.79 Å². The van der Waals surface area contributed by atoms with Crippen molar-refractivity contribution in [3.8, 4) is 11.5 Å². The second-order valence-electron chi connectivity index (χ2n) is 5.00. The van der Waals surface area contributed by atoms with E-state index in [4.69, 9.17) is 20.3 Å². The predicted octanol–water partition coefficient (Wildman–Crippen LogP) is 1.37. The molecule has 4 N–H and O–H groups in total. The predicted molar refractivity (Wildman–Crippen MR) is 74.4 cm³/mol. The molecule has 0 aliphatic carbocycles. The van der Waals surface area contributed by atoms with E-state index in [2.05, 4.69) is 5.32 Å². The highest BCUT2D eigenvalue weighted by Crippen LogP contribution is 2.32. The minimum Gasteiger partial charge on any atom is -0.493 e. The van der Waals surface area contributed by atoms with E-state index in [0.717, 1.165) is 23.5 Å². The van der Waals surface area contributed by atoms with Crippen molar-refractivity contribution in [2.24, 2.45) is 5.73 Å². The van der Waals surface area contributed by atoms with Crippen molar-refractivity contribution < 1.29 is 19.4 Å². The molecule has 2 rings (SSSR count). The Kier molecular flexibility index (Phi) is 4.68. The van der Waals surface area contributed by atoms with Crippen molar-refractivity contribution >= 4 is 6.09 Å². The van der Waals surface area contributed by atoms with Crippen LogP contribution in [-0.4, -0.2) is 36.5 Å². The molecule has 1 heterocycles. The Morgan fingerprint density at radius 3 is 3.20 bits per heavy atom. The first kappa shape index (κ1) is 14.5. The number of benzene rings is 1. The van der Waals surface area contributed by atoms with Crippen LogP contribution >= 0.6 is 0 Å². The number of fused-ring (bicyclic) bond motifs is 1. The van der Waals surface area contributed by atoms with E-state index in [0.29, 0.717) is 19.6 Å². The SMILES string of the molecule is CC(CCOc1cccc2c1C[C@H](N)CO2)NC(=O)O. The van der Waals surface area contributed by atoms with Gasteiger partial charge in [0, 0.05) is 24.1 Å². The van der Waals surface area contributed by atoms with Gasteiger partial charge in [-0.25, -0.2) is 4.79 Å². The lowest BCUT2D eigenvalue weighted by atomic mass is 10.0. The molecule has 0 aromatic heterocycles. The van der Waals surface area contributed by atoms with E-state index in [1.807, 2.05) is 18.2 Å². The van der Waals surface area contributed by atoms with Crippen molar-refractivity contribution in [2.45, 2.75) is 31.8 Å². The molecular weight excluding hydrogens is 260 g/mol. The van der Waals surface area contributed by atoms with E-state index in [-0.39, 0.29) is 12.1 Å². The summed E-state index contributed by atoms with van der Waals surface area (Å²) in [5, 5.41) is 11.0. The third kappa shape index (κ3) is 3.77. The van der Waals surface area contributed by atoms with Crippen molar-refractivity contribution in [1.82, 2.24) is 5.32 Å². The van der Waals surface area contributed by atoms with Gasteiger partial charge in [-0.3, -0.25) is 0 Å². The summed E-state index contributed by atoms with van der Waals surface area (Å²) in [6, 6.07) is 5.51. The lowest BCUT2D eigenvalue weighted by Crippen LogP contribution is -2.34. The van der Waals surface area contributed by atoms with Crippen LogP contribution < -0.4 is 20.5 Å². The molecular formula is C14H20N2O4. The Bertz CT molecular complexity index is 478. The first-order valence-corrected chi connectivity index (χ1v) is 6.69. The Balaban J connectivity index is 1.92. The van der Waals surface area contributed by atoms with Crippen molar-refractivity contribution in [2.75, 3.05) is 13.2 Å². The summed E-state index contributed by atoms with van der Waals surface area (Å²) in [6.07, 6.45) is 0.311. The van der Waals surface area contributed by atoms with Crippen LogP contribution in [0.15, 0.2) is 18.2 Å². The van der Waals surface area contributed by atoms with Gasteiger partial charge in [-0.1, -0.05) is 6.07 Å². The zero-order valence-electron chi connectivity index (χ0n) is 11.5. The number of nitrogens with two attached hydrogens (primary N) is 1. The smallest absolute Gasteiger partial charge is 0.404 e. The third-order valence-corrected chi connectivity index (χ3v) is 3.19. The summed E-state index contributed by atoms with van der Waals surface area (Å²) in [7, 11) is 0. The fraction of sp³-hybridized carbons (Fsp3) is 0.500. The van der Waals surface area contributed by atoms with Gasteiger partial charge in [0.2, 0.25) is 0 Å². The average Bonchev–Trinajstić information content (AvgIpc) is 2.38. The molecule has 0 bridgehead atoms. The summed E-state index contributed by atoms with van der Waals surface area (Å²) in [5.74, 6) is 1.58. The number of carboxylic acid groups (broad SMARTS) is 1. The molecule has 1 aromatic carbocycles. The van der Waals surface area contributed by atoms with Crippen LogP contribution in [0.3, 0.4) is 0 Å². The molecule has 0 saturated carbocycles. The second-order valence-corrected chi connectivity index (χ2v) is 5.00. The zero-order chi connectivity index (χ0) is 14.5. The molecule has 1 aliphatic heterocycles. The largest absolute Gasteiger partial charge is 0.493 e. The molecule has 1 unspecified atom stereocenters. The van der Waals surface area contributed by atoms with Crippen LogP contribution in [0, 0.1) is 0 Å². The summed E-state index contributed by atoms with van der Waals surface area (Å²) in [6.45, 7) is 2.76. The third-order valence-electron chi connectivity index (χ3n) is 3.19. The lowest BCUT2D eigenvalue weighted by molar-refractivity contribution is 0.187. The van der Waals surface area contributed by atoms with Gasteiger partial charge in [-0.15, -0.1) is 0 Å². The van der Waals surface area contributed by atoms with Crippen molar-refractivity contribution in [3.63, 3.8) is 0 Å². The first-order valence-electron chi connectivity index (χ1n) is 6.69. The maximum Gasteiger partial charge on any atom is 0.404 e.